The molecule has 0 aliphatic heterocycles. The highest BCUT2D eigenvalue weighted by atomic mass is 35.5. The number of hydrogen-bond acceptors (Lipinski definition) is 5. The van der Waals surface area contributed by atoms with Crippen molar-refractivity contribution < 1.29 is 0 Å². The average molecular weight is 478 g/mol. The lowest BCUT2D eigenvalue weighted by Gasteiger charge is -2.13. The van der Waals surface area contributed by atoms with Crippen LogP contribution in [0.4, 0.5) is 0 Å². The molecular formula is C25H20ClN3OS2. The number of fused-ring (bicyclic) bond motifs is 3. The molecule has 0 amide bonds. The minimum Gasteiger partial charge on any atom is -0.282 e. The molecule has 0 bridgehead atoms. The van der Waals surface area contributed by atoms with Gasteiger partial charge in [-0.05, 0) is 47.4 Å². The van der Waals surface area contributed by atoms with Crippen LogP contribution in [0.15, 0.2) is 76.8 Å². The molecule has 0 saturated carbocycles. The summed E-state index contributed by atoms with van der Waals surface area (Å²) < 4.78 is 2.44. The molecular weight excluding hydrogens is 458 g/mol. The smallest absolute Gasteiger partial charge is 0.272 e. The van der Waals surface area contributed by atoms with Crippen LogP contribution in [-0.4, -0.2) is 14.5 Å². The summed E-state index contributed by atoms with van der Waals surface area (Å²) in [6, 6.07) is 20.1. The summed E-state index contributed by atoms with van der Waals surface area (Å²) in [4.78, 5) is 23.8. The summed E-state index contributed by atoms with van der Waals surface area (Å²) in [5.74, 6) is 0.699. The molecule has 0 unspecified atom stereocenters. The molecule has 0 aliphatic rings. The van der Waals surface area contributed by atoms with E-state index in [1.807, 2.05) is 36.4 Å². The molecule has 3 heterocycles. The van der Waals surface area contributed by atoms with Crippen LogP contribution in [0.5, 0.6) is 0 Å². The summed E-state index contributed by atoms with van der Waals surface area (Å²) in [6.45, 7) is 2.62. The lowest BCUT2D eigenvalue weighted by atomic mass is 10.1. The Morgan fingerprint density at radius 2 is 1.72 bits per heavy atom. The van der Waals surface area contributed by atoms with Crippen molar-refractivity contribution in [1.29, 1.82) is 0 Å². The number of thioether (sulfide) groups is 1. The Morgan fingerprint density at radius 1 is 1.00 bits per heavy atom. The number of hydrogen-bond donors (Lipinski definition) is 0. The van der Waals surface area contributed by atoms with E-state index >= 15 is 0 Å². The minimum atomic E-state index is -0.0174. The third-order valence-electron chi connectivity index (χ3n) is 5.37. The third-order valence-corrected chi connectivity index (χ3v) is 7.76. The summed E-state index contributed by atoms with van der Waals surface area (Å²) in [7, 11) is 0. The maximum Gasteiger partial charge on any atom is 0.272 e. The molecule has 0 spiro atoms. The van der Waals surface area contributed by atoms with E-state index in [9.17, 15) is 4.79 Å². The van der Waals surface area contributed by atoms with Gasteiger partial charge in [0.25, 0.3) is 5.56 Å². The standard InChI is InChI=1S/C25H20ClN3OS2/c1-2-16-5-7-17(8-6-16)14-29-24(30)22-21(20-4-3-13-27-23(20)32-22)28-25(29)31-15-18-9-11-19(26)12-10-18/h3-13H,2,14-15H2,1H3. The van der Waals surface area contributed by atoms with Crippen molar-refractivity contribution in [2.75, 3.05) is 0 Å². The molecule has 32 heavy (non-hydrogen) atoms. The summed E-state index contributed by atoms with van der Waals surface area (Å²) in [6.07, 6.45) is 2.74. The van der Waals surface area contributed by atoms with Gasteiger partial charge in [0.05, 0.1) is 12.1 Å². The predicted octanol–water partition coefficient (Wildman–Crippen LogP) is 6.56. The van der Waals surface area contributed by atoms with Crippen molar-refractivity contribution in [1.82, 2.24) is 14.5 Å². The van der Waals surface area contributed by atoms with E-state index in [-0.39, 0.29) is 5.56 Å². The highest BCUT2D eigenvalue weighted by Gasteiger charge is 2.17. The van der Waals surface area contributed by atoms with Crippen LogP contribution in [0.2, 0.25) is 5.02 Å². The topological polar surface area (TPSA) is 47.8 Å². The lowest BCUT2D eigenvalue weighted by molar-refractivity contribution is 0.659. The van der Waals surface area contributed by atoms with E-state index in [0.29, 0.717) is 27.2 Å². The van der Waals surface area contributed by atoms with Crippen molar-refractivity contribution in [2.45, 2.75) is 30.8 Å². The SMILES string of the molecule is CCc1ccc(Cn2c(SCc3ccc(Cl)cc3)nc3c(sc4ncccc43)c2=O)cc1. The summed E-state index contributed by atoms with van der Waals surface area (Å²) >= 11 is 9.01. The number of aromatic nitrogens is 3. The summed E-state index contributed by atoms with van der Waals surface area (Å²) in [5, 5.41) is 2.35. The van der Waals surface area contributed by atoms with Crippen molar-refractivity contribution in [3.05, 3.63) is 98.9 Å². The Labute approximate surface area is 198 Å². The normalized spacial score (nSPS) is 11.4. The molecule has 0 saturated heterocycles. The van der Waals surface area contributed by atoms with Crippen LogP contribution in [-0.2, 0) is 18.7 Å². The quantitative estimate of drug-likeness (QED) is 0.205. The van der Waals surface area contributed by atoms with Gasteiger partial charge in [0.1, 0.15) is 9.53 Å². The molecule has 4 nitrogen and oxygen atoms in total. The number of aryl methyl sites for hydroxylation is 1. The molecule has 0 N–H and O–H groups in total. The van der Waals surface area contributed by atoms with Crippen LogP contribution in [0.1, 0.15) is 23.6 Å². The van der Waals surface area contributed by atoms with Crippen molar-refractivity contribution >= 4 is 55.1 Å². The van der Waals surface area contributed by atoms with Gasteiger partial charge in [-0.3, -0.25) is 9.36 Å². The number of benzene rings is 2. The van der Waals surface area contributed by atoms with Crippen LogP contribution < -0.4 is 5.56 Å². The zero-order valence-electron chi connectivity index (χ0n) is 17.4. The molecule has 7 heteroatoms. The first kappa shape index (κ1) is 21.2. The lowest BCUT2D eigenvalue weighted by Crippen LogP contribution is -2.23. The highest BCUT2D eigenvalue weighted by molar-refractivity contribution is 7.98. The van der Waals surface area contributed by atoms with E-state index in [1.165, 1.54) is 16.9 Å². The highest BCUT2D eigenvalue weighted by Crippen LogP contribution is 2.31. The first-order chi connectivity index (χ1) is 15.6. The molecule has 0 radical (unpaired) electrons. The van der Waals surface area contributed by atoms with Gasteiger partial charge in [0.15, 0.2) is 5.16 Å². The molecule has 160 valence electrons. The molecule has 2 aromatic carbocycles. The van der Waals surface area contributed by atoms with E-state index < -0.39 is 0 Å². The fraction of sp³-hybridized carbons (Fsp3) is 0.160. The van der Waals surface area contributed by atoms with Gasteiger partial charge in [-0.15, -0.1) is 11.3 Å². The van der Waals surface area contributed by atoms with E-state index in [0.717, 1.165) is 33.3 Å². The average Bonchev–Trinajstić information content (AvgIpc) is 3.20. The van der Waals surface area contributed by atoms with Crippen molar-refractivity contribution in [3.63, 3.8) is 0 Å². The minimum absolute atomic E-state index is 0.0174. The number of rotatable bonds is 6. The zero-order chi connectivity index (χ0) is 22.1. The summed E-state index contributed by atoms with van der Waals surface area (Å²) in [5.41, 5.74) is 4.21. The fourth-order valence-corrected chi connectivity index (χ4v) is 5.69. The number of nitrogens with zero attached hydrogens (tertiary/aromatic N) is 3. The fourth-order valence-electron chi connectivity index (χ4n) is 3.58. The second-order valence-electron chi connectivity index (χ2n) is 7.51. The Morgan fingerprint density at radius 3 is 2.47 bits per heavy atom. The number of halogens is 1. The van der Waals surface area contributed by atoms with Gasteiger partial charge in [-0.2, -0.15) is 0 Å². The Bertz CT molecular complexity index is 1460. The molecule has 0 aliphatic carbocycles. The predicted molar refractivity (Wildman–Crippen MR) is 135 cm³/mol. The van der Waals surface area contributed by atoms with Gasteiger partial charge >= 0.3 is 0 Å². The first-order valence-electron chi connectivity index (χ1n) is 10.4. The van der Waals surface area contributed by atoms with Crippen LogP contribution in [0, 0.1) is 0 Å². The van der Waals surface area contributed by atoms with Crippen molar-refractivity contribution in [2.24, 2.45) is 0 Å². The van der Waals surface area contributed by atoms with Gasteiger partial charge in [-0.1, -0.05) is 66.7 Å². The van der Waals surface area contributed by atoms with Gasteiger partial charge in [0, 0.05) is 22.4 Å². The molecule has 0 fully saturated rings. The van der Waals surface area contributed by atoms with Gasteiger partial charge in [-0.25, -0.2) is 9.97 Å². The van der Waals surface area contributed by atoms with Crippen LogP contribution in [0.25, 0.3) is 20.4 Å². The number of pyridine rings is 1. The number of thiophene rings is 1. The maximum absolute atomic E-state index is 13.6. The third kappa shape index (κ3) is 4.18. The molecule has 5 rings (SSSR count). The Kier molecular flexibility index (Phi) is 6.00. The van der Waals surface area contributed by atoms with Crippen LogP contribution in [0.3, 0.4) is 0 Å². The Hall–Kier alpha value is -2.67. The maximum atomic E-state index is 13.6. The molecule has 3 aromatic heterocycles. The first-order valence-corrected chi connectivity index (χ1v) is 12.5. The second kappa shape index (κ2) is 9.06. The van der Waals surface area contributed by atoms with E-state index in [1.54, 1.807) is 22.5 Å². The van der Waals surface area contributed by atoms with Gasteiger partial charge in [0.2, 0.25) is 0 Å². The van der Waals surface area contributed by atoms with Crippen molar-refractivity contribution in [3.8, 4) is 0 Å². The largest absolute Gasteiger partial charge is 0.282 e. The molecule has 0 atom stereocenters. The second-order valence-corrected chi connectivity index (χ2v) is 9.88. The zero-order valence-corrected chi connectivity index (χ0v) is 19.8. The Balaban J connectivity index is 1.60. The molecule has 5 aromatic rings. The van der Waals surface area contributed by atoms with E-state index in [4.69, 9.17) is 16.6 Å². The van der Waals surface area contributed by atoms with Crippen LogP contribution >= 0.6 is 34.7 Å². The van der Waals surface area contributed by atoms with E-state index in [2.05, 4.69) is 36.2 Å². The monoisotopic (exact) mass is 477 g/mol. The van der Waals surface area contributed by atoms with Gasteiger partial charge < -0.3 is 0 Å².